The molecular weight excluding hydrogens is 158 g/mol. The molecule has 0 atom stereocenters. The standard InChI is InChI=1S/C9H9ClN/c10-9-2-1-7-3-4-11-6-8(7)5-9/h1,5,11H,3-4,6H2. The van der Waals surface area contributed by atoms with Gasteiger partial charge in [0.25, 0.3) is 0 Å². The fourth-order valence-electron chi connectivity index (χ4n) is 1.38. The van der Waals surface area contributed by atoms with Crippen LogP contribution in [0.3, 0.4) is 0 Å². The Balaban J connectivity index is 2.43. The van der Waals surface area contributed by atoms with Gasteiger partial charge in [0.15, 0.2) is 0 Å². The second-order valence-electron chi connectivity index (χ2n) is 2.76. The number of hydrogen-bond donors (Lipinski definition) is 1. The summed E-state index contributed by atoms with van der Waals surface area (Å²) in [6.07, 6.45) is 1.10. The molecule has 1 heterocycles. The van der Waals surface area contributed by atoms with Gasteiger partial charge in [0.2, 0.25) is 0 Å². The molecule has 1 aliphatic heterocycles. The lowest BCUT2D eigenvalue weighted by Crippen LogP contribution is -2.23. The maximum atomic E-state index is 5.79. The van der Waals surface area contributed by atoms with E-state index in [0.717, 1.165) is 19.5 Å². The molecule has 11 heavy (non-hydrogen) atoms. The third-order valence-corrected chi connectivity index (χ3v) is 2.20. The Hall–Kier alpha value is -0.530. The van der Waals surface area contributed by atoms with E-state index >= 15 is 0 Å². The second kappa shape index (κ2) is 2.84. The average molecular weight is 167 g/mol. The second-order valence-corrected chi connectivity index (χ2v) is 3.17. The van der Waals surface area contributed by atoms with E-state index in [9.17, 15) is 0 Å². The Morgan fingerprint density at radius 1 is 1.45 bits per heavy atom. The van der Waals surface area contributed by atoms with Crippen molar-refractivity contribution in [3.8, 4) is 0 Å². The highest BCUT2D eigenvalue weighted by atomic mass is 35.5. The zero-order valence-electron chi connectivity index (χ0n) is 6.15. The van der Waals surface area contributed by atoms with E-state index < -0.39 is 0 Å². The highest BCUT2D eigenvalue weighted by Crippen LogP contribution is 2.17. The molecule has 1 N–H and O–H groups in total. The zero-order valence-corrected chi connectivity index (χ0v) is 6.91. The molecular formula is C9H9ClN. The van der Waals surface area contributed by atoms with Crippen LogP contribution in [0.4, 0.5) is 0 Å². The van der Waals surface area contributed by atoms with Gasteiger partial charge in [-0.15, -0.1) is 0 Å². The van der Waals surface area contributed by atoms with Crippen molar-refractivity contribution in [3.05, 3.63) is 34.3 Å². The van der Waals surface area contributed by atoms with E-state index in [2.05, 4.69) is 11.4 Å². The molecule has 2 rings (SSSR count). The lowest BCUT2D eigenvalue weighted by atomic mass is 10.0. The summed E-state index contributed by atoms with van der Waals surface area (Å²) in [7, 11) is 0. The maximum absolute atomic E-state index is 5.79. The van der Waals surface area contributed by atoms with Crippen molar-refractivity contribution >= 4 is 11.6 Å². The van der Waals surface area contributed by atoms with Gasteiger partial charge in [-0.1, -0.05) is 11.6 Å². The molecule has 0 saturated heterocycles. The minimum Gasteiger partial charge on any atom is -0.312 e. The molecule has 1 radical (unpaired) electrons. The van der Waals surface area contributed by atoms with E-state index in [4.69, 9.17) is 11.6 Å². The predicted molar refractivity (Wildman–Crippen MR) is 45.7 cm³/mol. The summed E-state index contributed by atoms with van der Waals surface area (Å²) in [5, 5.41) is 4.01. The molecule has 1 nitrogen and oxygen atoms in total. The summed E-state index contributed by atoms with van der Waals surface area (Å²) >= 11 is 5.79. The number of nitrogens with one attached hydrogen (secondary N) is 1. The van der Waals surface area contributed by atoms with Gasteiger partial charge in [-0.05, 0) is 36.2 Å². The van der Waals surface area contributed by atoms with Gasteiger partial charge in [0, 0.05) is 17.6 Å². The van der Waals surface area contributed by atoms with Crippen molar-refractivity contribution in [1.29, 1.82) is 0 Å². The molecule has 2 heteroatoms. The molecule has 0 amide bonds. The summed E-state index contributed by atoms with van der Waals surface area (Å²) in [4.78, 5) is 0. The van der Waals surface area contributed by atoms with Crippen LogP contribution in [0.2, 0.25) is 5.02 Å². The molecule has 0 fully saturated rings. The molecule has 0 saturated carbocycles. The molecule has 1 aromatic rings. The molecule has 0 aliphatic carbocycles. The molecule has 0 bridgehead atoms. The van der Waals surface area contributed by atoms with Crippen molar-refractivity contribution in [2.75, 3.05) is 6.54 Å². The van der Waals surface area contributed by atoms with Gasteiger partial charge in [0.05, 0.1) is 0 Å². The molecule has 57 valence electrons. The topological polar surface area (TPSA) is 12.0 Å². The lowest BCUT2D eigenvalue weighted by Gasteiger charge is -2.16. The summed E-state index contributed by atoms with van der Waals surface area (Å²) < 4.78 is 0. The summed E-state index contributed by atoms with van der Waals surface area (Å²) in [6, 6.07) is 6.98. The fraction of sp³-hybridized carbons (Fsp3) is 0.333. The third kappa shape index (κ3) is 1.39. The smallest absolute Gasteiger partial charge is 0.0488 e. The van der Waals surface area contributed by atoms with E-state index in [0.29, 0.717) is 5.02 Å². The number of halogens is 1. The minimum atomic E-state index is 0.715. The highest BCUT2D eigenvalue weighted by Gasteiger charge is 2.07. The first-order valence-electron chi connectivity index (χ1n) is 3.76. The maximum Gasteiger partial charge on any atom is 0.0488 e. The van der Waals surface area contributed by atoms with Gasteiger partial charge in [-0.2, -0.15) is 0 Å². The van der Waals surface area contributed by atoms with E-state index in [1.165, 1.54) is 11.1 Å². The van der Waals surface area contributed by atoms with Crippen LogP contribution in [0.5, 0.6) is 0 Å². The van der Waals surface area contributed by atoms with E-state index in [-0.39, 0.29) is 0 Å². The summed E-state index contributed by atoms with van der Waals surface area (Å²) in [6.45, 7) is 2.02. The molecule has 0 unspecified atom stereocenters. The van der Waals surface area contributed by atoms with Crippen LogP contribution in [0.1, 0.15) is 11.1 Å². The number of hydrogen-bond acceptors (Lipinski definition) is 1. The fourth-order valence-corrected chi connectivity index (χ4v) is 1.57. The normalized spacial score (nSPS) is 16.1. The minimum absolute atomic E-state index is 0.715. The van der Waals surface area contributed by atoms with Crippen molar-refractivity contribution in [2.45, 2.75) is 13.0 Å². The molecule has 1 aromatic carbocycles. The first kappa shape index (κ1) is 7.14. The number of benzene rings is 1. The van der Waals surface area contributed by atoms with Crippen molar-refractivity contribution in [3.63, 3.8) is 0 Å². The van der Waals surface area contributed by atoms with Crippen LogP contribution in [0.15, 0.2) is 12.1 Å². The zero-order chi connectivity index (χ0) is 7.68. The van der Waals surface area contributed by atoms with E-state index in [1.807, 2.05) is 12.1 Å². The van der Waals surface area contributed by atoms with Gasteiger partial charge >= 0.3 is 0 Å². The Kier molecular flexibility index (Phi) is 1.84. The average Bonchev–Trinajstić information content (AvgIpc) is 2.04. The van der Waals surface area contributed by atoms with Crippen LogP contribution in [0, 0.1) is 6.07 Å². The van der Waals surface area contributed by atoms with Crippen LogP contribution >= 0.6 is 11.6 Å². The molecule has 0 spiro atoms. The third-order valence-electron chi connectivity index (χ3n) is 1.98. The van der Waals surface area contributed by atoms with Crippen LogP contribution < -0.4 is 5.32 Å². The van der Waals surface area contributed by atoms with Crippen molar-refractivity contribution < 1.29 is 0 Å². The Morgan fingerprint density at radius 3 is 3.27 bits per heavy atom. The monoisotopic (exact) mass is 166 g/mol. The van der Waals surface area contributed by atoms with Crippen molar-refractivity contribution in [2.24, 2.45) is 0 Å². The summed E-state index contributed by atoms with van der Waals surface area (Å²) in [5.41, 5.74) is 2.70. The van der Waals surface area contributed by atoms with Crippen molar-refractivity contribution in [1.82, 2.24) is 5.32 Å². The van der Waals surface area contributed by atoms with Gasteiger partial charge in [-0.3, -0.25) is 0 Å². The molecule has 1 aliphatic rings. The van der Waals surface area contributed by atoms with Crippen LogP contribution in [-0.4, -0.2) is 6.54 Å². The Bertz CT molecular complexity index is 270. The highest BCUT2D eigenvalue weighted by molar-refractivity contribution is 6.30. The van der Waals surface area contributed by atoms with Crippen LogP contribution in [0.25, 0.3) is 0 Å². The number of rotatable bonds is 0. The van der Waals surface area contributed by atoms with Gasteiger partial charge in [0.1, 0.15) is 0 Å². The first-order valence-corrected chi connectivity index (χ1v) is 4.14. The summed E-state index contributed by atoms with van der Waals surface area (Å²) in [5.74, 6) is 0. The lowest BCUT2D eigenvalue weighted by molar-refractivity contribution is 0.644. The Morgan fingerprint density at radius 2 is 2.36 bits per heavy atom. The van der Waals surface area contributed by atoms with Gasteiger partial charge in [-0.25, -0.2) is 0 Å². The molecule has 0 aromatic heterocycles. The van der Waals surface area contributed by atoms with Crippen LogP contribution in [-0.2, 0) is 13.0 Å². The van der Waals surface area contributed by atoms with E-state index in [1.54, 1.807) is 0 Å². The first-order chi connectivity index (χ1) is 5.36. The largest absolute Gasteiger partial charge is 0.312 e. The SMILES string of the molecule is Clc1[c]cc2c(c1)CNCC2. The van der Waals surface area contributed by atoms with Gasteiger partial charge < -0.3 is 5.32 Å². The predicted octanol–water partition coefficient (Wildman–Crippen LogP) is 1.79. The Labute approximate surface area is 71.4 Å². The quantitative estimate of drug-likeness (QED) is 0.620. The number of fused-ring (bicyclic) bond motifs is 1.